The molecule has 106 valence electrons. The predicted molar refractivity (Wildman–Crippen MR) is 69.8 cm³/mol. The molecule has 0 aliphatic carbocycles. The normalized spacial score (nSPS) is 10.6. The molecule has 0 spiro atoms. The van der Waals surface area contributed by atoms with Gasteiger partial charge < -0.3 is 4.84 Å². The molecule has 2 aromatic rings. The van der Waals surface area contributed by atoms with Gasteiger partial charge in [-0.1, -0.05) is 0 Å². The van der Waals surface area contributed by atoms with Crippen LogP contribution in [0.25, 0.3) is 10.8 Å². The molecule has 2 rings (SSSR count). The fourth-order valence-corrected chi connectivity index (χ4v) is 1.85. The van der Waals surface area contributed by atoms with Gasteiger partial charge in [0.15, 0.2) is 5.69 Å². The van der Waals surface area contributed by atoms with Gasteiger partial charge in [0.2, 0.25) is 0 Å². The Balaban J connectivity index is 2.76. The maximum Gasteiger partial charge on any atom is 0.297 e. The molecule has 0 aliphatic heterocycles. The number of aromatic nitrogens is 1. The minimum absolute atomic E-state index is 0.0556. The van der Waals surface area contributed by atoms with Crippen molar-refractivity contribution in [2.45, 2.75) is 0 Å². The third-order valence-electron chi connectivity index (χ3n) is 2.90. The van der Waals surface area contributed by atoms with Crippen LogP contribution in [0.1, 0.15) is 10.5 Å². The molecule has 0 bridgehead atoms. The van der Waals surface area contributed by atoms with Crippen LogP contribution in [-0.4, -0.2) is 37.0 Å². The monoisotopic (exact) mass is 280 g/mol. The Bertz CT molecular complexity index is 726. The van der Waals surface area contributed by atoms with E-state index in [0.29, 0.717) is 5.39 Å². The van der Waals surface area contributed by atoms with Crippen LogP contribution in [0.4, 0.5) is 4.39 Å². The lowest BCUT2D eigenvalue weighted by Gasteiger charge is -2.17. The first-order chi connectivity index (χ1) is 9.49. The summed E-state index contributed by atoms with van der Waals surface area (Å²) in [5, 5.41) is 1.51. The first-order valence-corrected chi connectivity index (χ1v) is 5.71. The van der Waals surface area contributed by atoms with Crippen molar-refractivity contribution in [2.75, 3.05) is 21.3 Å². The van der Waals surface area contributed by atoms with E-state index < -0.39 is 17.3 Å². The molecule has 1 aromatic carbocycles. The van der Waals surface area contributed by atoms with Crippen molar-refractivity contribution in [3.05, 3.63) is 46.1 Å². The van der Waals surface area contributed by atoms with Crippen molar-refractivity contribution < 1.29 is 18.9 Å². The van der Waals surface area contributed by atoms with Crippen LogP contribution in [0.15, 0.2) is 29.1 Å². The number of benzene rings is 1. The lowest BCUT2D eigenvalue weighted by Crippen LogP contribution is -2.35. The topological polar surface area (TPSA) is 60.8 Å². The molecule has 0 saturated carbocycles. The van der Waals surface area contributed by atoms with Gasteiger partial charge in [0.25, 0.3) is 11.5 Å². The van der Waals surface area contributed by atoms with Crippen LogP contribution >= 0.6 is 0 Å². The summed E-state index contributed by atoms with van der Waals surface area (Å²) in [6.45, 7) is 0. The molecular weight excluding hydrogens is 267 g/mol. The Kier molecular flexibility index (Phi) is 3.71. The van der Waals surface area contributed by atoms with E-state index in [-0.39, 0.29) is 11.1 Å². The highest BCUT2D eigenvalue weighted by molar-refractivity contribution is 5.95. The smallest absolute Gasteiger partial charge is 0.297 e. The highest BCUT2D eigenvalue weighted by Crippen LogP contribution is 2.14. The molecule has 0 atom stereocenters. The second kappa shape index (κ2) is 5.30. The number of nitrogens with zero attached hydrogens (tertiary/aromatic N) is 2. The number of pyridine rings is 1. The van der Waals surface area contributed by atoms with Crippen molar-refractivity contribution in [2.24, 2.45) is 0 Å². The maximum absolute atomic E-state index is 13.2. The number of hydrogen-bond acceptors (Lipinski definition) is 4. The van der Waals surface area contributed by atoms with Crippen molar-refractivity contribution in [3.63, 3.8) is 0 Å². The van der Waals surface area contributed by atoms with Gasteiger partial charge in [-0.2, -0.15) is 0 Å². The quantitative estimate of drug-likeness (QED) is 0.781. The van der Waals surface area contributed by atoms with Crippen molar-refractivity contribution >= 4 is 16.7 Å². The second-order valence-electron chi connectivity index (χ2n) is 4.03. The Hall–Kier alpha value is -2.41. The Morgan fingerprint density at radius 3 is 2.60 bits per heavy atom. The molecule has 20 heavy (non-hydrogen) atoms. The number of hydroxylamine groups is 2. The van der Waals surface area contributed by atoms with Crippen LogP contribution in [0.2, 0.25) is 0 Å². The van der Waals surface area contributed by atoms with Gasteiger partial charge in [-0.3, -0.25) is 14.4 Å². The van der Waals surface area contributed by atoms with Crippen LogP contribution in [0, 0.1) is 5.82 Å². The molecule has 0 unspecified atom stereocenters. The molecule has 7 heteroatoms. The minimum Gasteiger partial charge on any atom is -0.413 e. The van der Waals surface area contributed by atoms with E-state index in [1.165, 1.54) is 45.5 Å². The molecule has 0 aliphatic rings. The van der Waals surface area contributed by atoms with E-state index in [4.69, 9.17) is 9.68 Å². The minimum atomic E-state index is -0.586. The van der Waals surface area contributed by atoms with Crippen LogP contribution in [0.3, 0.4) is 0 Å². The molecule has 6 nitrogen and oxygen atoms in total. The van der Waals surface area contributed by atoms with Crippen LogP contribution in [-0.2, 0) is 4.84 Å². The molecule has 0 saturated heterocycles. The van der Waals surface area contributed by atoms with Crippen molar-refractivity contribution in [3.8, 4) is 0 Å². The van der Waals surface area contributed by atoms with E-state index in [2.05, 4.69) is 0 Å². The summed E-state index contributed by atoms with van der Waals surface area (Å²) in [7, 11) is 3.97. The van der Waals surface area contributed by atoms with E-state index in [9.17, 15) is 14.0 Å². The average molecular weight is 280 g/mol. The standard InChI is InChI=1S/C13H13FN2O4/c1-15(19-2)13(18)11-7-8-6-9(14)4-5-10(8)12(17)16(11)20-3/h4-7H,1-3H3. The highest BCUT2D eigenvalue weighted by Gasteiger charge is 2.20. The lowest BCUT2D eigenvalue weighted by molar-refractivity contribution is -0.0774. The molecule has 0 radical (unpaired) electrons. The second-order valence-corrected chi connectivity index (χ2v) is 4.03. The van der Waals surface area contributed by atoms with Gasteiger partial charge in [0, 0.05) is 7.05 Å². The Labute approximate surface area is 113 Å². The molecular formula is C13H13FN2O4. The predicted octanol–water partition coefficient (Wildman–Crippen LogP) is 0.832. The number of halogens is 1. The summed E-state index contributed by atoms with van der Waals surface area (Å²) in [6.07, 6.45) is 0. The zero-order valence-electron chi connectivity index (χ0n) is 11.2. The average Bonchev–Trinajstić information content (AvgIpc) is 2.45. The largest absolute Gasteiger partial charge is 0.413 e. The molecule has 0 N–H and O–H groups in total. The Morgan fingerprint density at radius 2 is 2.00 bits per heavy atom. The zero-order chi connectivity index (χ0) is 14.9. The SMILES string of the molecule is CON(C)C(=O)c1cc2cc(F)ccc2c(=O)n1OC. The third kappa shape index (κ3) is 2.23. The number of amides is 1. The third-order valence-corrected chi connectivity index (χ3v) is 2.90. The summed E-state index contributed by atoms with van der Waals surface area (Å²) < 4.78 is 14.1. The van der Waals surface area contributed by atoms with E-state index in [1.807, 2.05) is 0 Å². The van der Waals surface area contributed by atoms with Gasteiger partial charge in [-0.05, 0) is 29.7 Å². The summed E-state index contributed by atoms with van der Waals surface area (Å²) in [5.41, 5.74) is -0.599. The van der Waals surface area contributed by atoms with E-state index in [0.717, 1.165) is 9.79 Å². The Morgan fingerprint density at radius 1 is 1.30 bits per heavy atom. The molecule has 1 heterocycles. The molecule has 0 fully saturated rings. The maximum atomic E-state index is 13.2. The van der Waals surface area contributed by atoms with Gasteiger partial charge in [-0.15, -0.1) is 4.73 Å². The number of carbonyl (C=O) groups is 1. The van der Waals surface area contributed by atoms with Gasteiger partial charge in [0.05, 0.1) is 12.5 Å². The zero-order valence-corrected chi connectivity index (χ0v) is 11.2. The summed E-state index contributed by atoms with van der Waals surface area (Å²) in [6, 6.07) is 5.07. The van der Waals surface area contributed by atoms with Crippen molar-refractivity contribution in [1.82, 2.24) is 9.79 Å². The first-order valence-electron chi connectivity index (χ1n) is 5.71. The van der Waals surface area contributed by atoms with Gasteiger partial charge >= 0.3 is 0 Å². The molecule has 1 aromatic heterocycles. The lowest BCUT2D eigenvalue weighted by atomic mass is 10.1. The van der Waals surface area contributed by atoms with Crippen LogP contribution in [0.5, 0.6) is 0 Å². The van der Waals surface area contributed by atoms with Gasteiger partial charge in [0.1, 0.15) is 12.9 Å². The van der Waals surface area contributed by atoms with Crippen molar-refractivity contribution in [1.29, 1.82) is 0 Å². The fourth-order valence-electron chi connectivity index (χ4n) is 1.85. The van der Waals surface area contributed by atoms with E-state index in [1.54, 1.807) is 0 Å². The van der Waals surface area contributed by atoms with Crippen LogP contribution < -0.4 is 10.4 Å². The molecule has 1 amide bonds. The first kappa shape index (κ1) is 14.0. The fraction of sp³-hybridized carbons (Fsp3) is 0.231. The number of carbonyl (C=O) groups excluding carboxylic acids is 1. The highest BCUT2D eigenvalue weighted by atomic mass is 19.1. The summed E-state index contributed by atoms with van der Waals surface area (Å²) in [4.78, 5) is 34.0. The number of hydrogen-bond donors (Lipinski definition) is 0. The summed E-state index contributed by atoms with van der Waals surface area (Å²) >= 11 is 0. The number of rotatable bonds is 3. The summed E-state index contributed by atoms with van der Waals surface area (Å²) in [5.74, 6) is -1.08. The van der Waals surface area contributed by atoms with E-state index >= 15 is 0 Å². The number of fused-ring (bicyclic) bond motifs is 1. The van der Waals surface area contributed by atoms with Gasteiger partial charge in [-0.25, -0.2) is 9.45 Å².